The molecule has 0 aromatic heterocycles. The molecular weight excluding hydrogens is 497 g/mol. The van der Waals surface area contributed by atoms with E-state index in [4.69, 9.17) is 11.6 Å². The minimum absolute atomic E-state index is 0.173. The minimum Gasteiger partial charge on any atom is -0.429 e. The van der Waals surface area contributed by atoms with Gasteiger partial charge in [0.05, 0.1) is 10.6 Å². The Balaban J connectivity index is 1.63. The molecule has 0 N–H and O–H groups in total. The number of rotatable bonds is 5. The molecule has 0 saturated heterocycles. The van der Waals surface area contributed by atoms with Crippen LogP contribution in [0.25, 0.3) is 11.1 Å². The molecule has 3 aromatic rings. The molecule has 0 spiro atoms. The second kappa shape index (κ2) is 9.22. The van der Waals surface area contributed by atoms with Crippen molar-refractivity contribution in [2.24, 2.45) is 0 Å². The van der Waals surface area contributed by atoms with Crippen LogP contribution in [0.5, 0.6) is 5.75 Å². The molecular formula is C26H18ClF7O. The number of ether oxygens (including phenoxy) is 1. The van der Waals surface area contributed by atoms with Crippen molar-refractivity contribution in [1.29, 1.82) is 0 Å². The SMILES string of the molecule is C[C@@]1(c2ccc(C(F)(F)Oc3ccc(-c4cc(F)c(F)c(F)c4)c(F)c3)c(Cl)c2F)C=CCCC1. The molecule has 0 fully saturated rings. The van der Waals surface area contributed by atoms with Gasteiger partial charge in [-0.2, -0.15) is 8.78 Å². The van der Waals surface area contributed by atoms with Gasteiger partial charge in [0.15, 0.2) is 17.5 Å². The molecule has 0 bridgehead atoms. The molecule has 0 amide bonds. The predicted octanol–water partition coefficient (Wildman–Crippen LogP) is 8.83. The summed E-state index contributed by atoms with van der Waals surface area (Å²) in [6, 6.07) is 5.76. The Labute approximate surface area is 201 Å². The van der Waals surface area contributed by atoms with Crippen LogP contribution in [0, 0.1) is 29.1 Å². The van der Waals surface area contributed by atoms with Gasteiger partial charge in [0.1, 0.15) is 17.4 Å². The number of hydrogen-bond acceptors (Lipinski definition) is 1. The Kier molecular flexibility index (Phi) is 6.62. The number of halogens is 8. The van der Waals surface area contributed by atoms with Crippen molar-refractivity contribution in [1.82, 2.24) is 0 Å². The molecule has 0 aliphatic heterocycles. The molecule has 184 valence electrons. The van der Waals surface area contributed by atoms with Gasteiger partial charge in [-0.25, -0.2) is 22.0 Å². The number of allylic oxidation sites excluding steroid dienone is 2. The highest BCUT2D eigenvalue weighted by atomic mass is 35.5. The molecule has 35 heavy (non-hydrogen) atoms. The van der Waals surface area contributed by atoms with Crippen molar-refractivity contribution in [2.45, 2.75) is 37.7 Å². The summed E-state index contributed by atoms with van der Waals surface area (Å²) < 4.78 is 104. The molecule has 1 aliphatic rings. The standard InChI is InChI=1S/C26H18ClF7O/c1-25(9-3-2-4-10-25)18-8-7-17(22(27)23(18)31)26(33,34)35-15-5-6-16(19(28)13-15)14-11-20(29)24(32)21(30)12-14/h3,5-9,11-13H,2,4,10H2,1H3/t25-/m1/s1. The number of hydrogen-bond donors (Lipinski definition) is 0. The zero-order valence-corrected chi connectivity index (χ0v) is 19.0. The highest BCUT2D eigenvalue weighted by molar-refractivity contribution is 6.31. The Morgan fingerprint density at radius 1 is 0.886 bits per heavy atom. The first-order chi connectivity index (χ1) is 16.4. The van der Waals surface area contributed by atoms with Gasteiger partial charge in [-0.05, 0) is 60.7 Å². The molecule has 1 nitrogen and oxygen atoms in total. The van der Waals surface area contributed by atoms with Crippen LogP contribution in [0.15, 0.2) is 54.6 Å². The second-order valence-corrected chi connectivity index (χ2v) is 8.89. The molecule has 0 radical (unpaired) electrons. The Hall–Kier alpha value is -3.00. The molecule has 0 heterocycles. The van der Waals surface area contributed by atoms with Gasteiger partial charge in [0.25, 0.3) is 0 Å². The first-order valence-electron chi connectivity index (χ1n) is 10.6. The van der Waals surface area contributed by atoms with E-state index in [2.05, 4.69) is 4.74 Å². The van der Waals surface area contributed by atoms with Gasteiger partial charge in [-0.15, -0.1) is 0 Å². The molecule has 0 saturated carbocycles. The third-order valence-corrected chi connectivity index (χ3v) is 6.41. The van der Waals surface area contributed by atoms with E-state index in [1.807, 2.05) is 12.2 Å². The first kappa shape index (κ1) is 25.1. The summed E-state index contributed by atoms with van der Waals surface area (Å²) >= 11 is 5.97. The maximum absolute atomic E-state index is 15.1. The highest BCUT2D eigenvalue weighted by Crippen LogP contribution is 2.43. The van der Waals surface area contributed by atoms with E-state index in [-0.39, 0.29) is 16.7 Å². The molecule has 1 aliphatic carbocycles. The number of alkyl halides is 2. The monoisotopic (exact) mass is 514 g/mol. The molecule has 0 unspecified atom stereocenters. The van der Waals surface area contributed by atoms with Crippen molar-refractivity contribution >= 4 is 11.6 Å². The van der Waals surface area contributed by atoms with E-state index in [1.165, 1.54) is 6.07 Å². The Bertz CT molecular complexity index is 1300. The lowest BCUT2D eigenvalue weighted by Crippen LogP contribution is -2.26. The Morgan fingerprint density at radius 3 is 2.17 bits per heavy atom. The summed E-state index contributed by atoms with van der Waals surface area (Å²) in [5.41, 5.74) is -2.19. The lowest BCUT2D eigenvalue weighted by Gasteiger charge is -2.31. The summed E-state index contributed by atoms with van der Waals surface area (Å²) in [7, 11) is 0. The fourth-order valence-corrected chi connectivity index (χ4v) is 4.44. The second-order valence-electron chi connectivity index (χ2n) is 8.52. The summed E-state index contributed by atoms with van der Waals surface area (Å²) in [6.07, 6.45) is 1.86. The largest absolute Gasteiger partial charge is 0.429 e. The van der Waals surface area contributed by atoms with Crippen LogP contribution in [-0.4, -0.2) is 0 Å². The summed E-state index contributed by atoms with van der Waals surface area (Å²) in [5, 5.41) is -0.818. The average molecular weight is 515 g/mol. The number of benzene rings is 3. The van der Waals surface area contributed by atoms with Gasteiger partial charge in [0, 0.05) is 17.0 Å². The van der Waals surface area contributed by atoms with Crippen molar-refractivity contribution in [3.05, 3.63) is 99.9 Å². The van der Waals surface area contributed by atoms with Crippen LogP contribution >= 0.6 is 11.6 Å². The topological polar surface area (TPSA) is 9.23 Å². The normalized spacial score (nSPS) is 18.1. The maximum atomic E-state index is 15.1. The van der Waals surface area contributed by atoms with Crippen molar-refractivity contribution < 1.29 is 35.5 Å². The van der Waals surface area contributed by atoms with E-state index < -0.39 is 56.9 Å². The minimum atomic E-state index is -4.14. The van der Waals surface area contributed by atoms with Gasteiger partial charge >= 0.3 is 6.11 Å². The van der Waals surface area contributed by atoms with Crippen LogP contribution < -0.4 is 4.74 Å². The summed E-state index contributed by atoms with van der Waals surface area (Å²) in [6.45, 7) is 1.79. The van der Waals surface area contributed by atoms with Gasteiger partial charge < -0.3 is 4.74 Å². The van der Waals surface area contributed by atoms with Crippen molar-refractivity contribution in [3.63, 3.8) is 0 Å². The van der Waals surface area contributed by atoms with Crippen LogP contribution in [0.4, 0.5) is 30.7 Å². The van der Waals surface area contributed by atoms with Crippen molar-refractivity contribution in [2.75, 3.05) is 0 Å². The van der Waals surface area contributed by atoms with E-state index in [0.29, 0.717) is 24.6 Å². The molecule has 1 atom stereocenters. The maximum Gasteiger partial charge on any atom is 0.428 e. The van der Waals surface area contributed by atoms with Crippen LogP contribution in [0.1, 0.15) is 37.3 Å². The van der Waals surface area contributed by atoms with Gasteiger partial charge in [-0.3, -0.25) is 0 Å². The zero-order chi connectivity index (χ0) is 25.5. The van der Waals surface area contributed by atoms with Crippen LogP contribution in [0.3, 0.4) is 0 Å². The smallest absolute Gasteiger partial charge is 0.428 e. The fraction of sp³-hybridized carbons (Fsp3) is 0.231. The molecule has 4 rings (SSSR count). The quantitative estimate of drug-likeness (QED) is 0.188. The van der Waals surface area contributed by atoms with Gasteiger partial charge in [0.2, 0.25) is 0 Å². The highest BCUT2D eigenvalue weighted by Gasteiger charge is 2.40. The van der Waals surface area contributed by atoms with E-state index in [0.717, 1.165) is 31.0 Å². The Morgan fingerprint density at radius 2 is 1.57 bits per heavy atom. The first-order valence-corrected chi connectivity index (χ1v) is 11.0. The molecule has 9 heteroatoms. The van der Waals surface area contributed by atoms with E-state index in [1.54, 1.807) is 6.92 Å². The van der Waals surface area contributed by atoms with E-state index >= 15 is 4.39 Å². The lowest BCUT2D eigenvalue weighted by molar-refractivity contribution is -0.185. The van der Waals surface area contributed by atoms with Crippen LogP contribution in [0.2, 0.25) is 5.02 Å². The summed E-state index contributed by atoms with van der Waals surface area (Å²) in [4.78, 5) is 0. The van der Waals surface area contributed by atoms with E-state index in [9.17, 15) is 26.3 Å². The van der Waals surface area contributed by atoms with Gasteiger partial charge in [-0.1, -0.05) is 36.7 Å². The zero-order valence-electron chi connectivity index (χ0n) is 18.2. The lowest BCUT2D eigenvalue weighted by atomic mass is 9.75. The predicted molar refractivity (Wildman–Crippen MR) is 118 cm³/mol. The third-order valence-electron chi connectivity index (χ3n) is 6.05. The fourth-order valence-electron chi connectivity index (χ4n) is 4.16. The van der Waals surface area contributed by atoms with Crippen LogP contribution in [-0.2, 0) is 11.5 Å². The molecule has 3 aromatic carbocycles. The third kappa shape index (κ3) is 4.76. The average Bonchev–Trinajstić information content (AvgIpc) is 2.79. The van der Waals surface area contributed by atoms with Crippen molar-refractivity contribution in [3.8, 4) is 16.9 Å². The summed E-state index contributed by atoms with van der Waals surface area (Å²) in [5.74, 6) is -7.61.